The number of aromatic nitrogens is 1. The summed E-state index contributed by atoms with van der Waals surface area (Å²) in [5, 5.41) is 17.6. The smallest absolute Gasteiger partial charge is 0.323 e. The van der Waals surface area contributed by atoms with Crippen LogP contribution in [0.5, 0.6) is 0 Å². The molecule has 110 valence electrons. The Kier molecular flexibility index (Phi) is 3.63. The average molecular weight is 297 g/mol. The topological polar surface area (TPSA) is 90.5 Å². The maximum atomic E-state index is 12.6. The van der Waals surface area contributed by atoms with E-state index >= 15 is 0 Å². The Balaban J connectivity index is 2.07. The van der Waals surface area contributed by atoms with Gasteiger partial charge in [-0.15, -0.1) is 0 Å². The molecule has 0 saturated heterocycles. The van der Waals surface area contributed by atoms with Crippen molar-refractivity contribution in [2.24, 2.45) is 10.2 Å². The Labute approximate surface area is 117 Å². The largest absolute Gasteiger partial charge is 0.412 e. The SMILES string of the molecule is CC1(C(=O)Nc2ccc(C#N)nc2)CC(C(F)(F)F)N=N1. The number of nitrogens with zero attached hydrogens (tertiary/aromatic N) is 4. The molecule has 6 nitrogen and oxygen atoms in total. The zero-order valence-electron chi connectivity index (χ0n) is 10.8. The standard InChI is InChI=1S/C12H10F3N5O/c1-11(4-9(19-20-11)12(13,14)15)10(21)18-8-3-2-7(5-16)17-6-8/h2-3,6,9H,4H2,1H3,(H,18,21). The van der Waals surface area contributed by atoms with Crippen molar-refractivity contribution in [3.8, 4) is 6.07 Å². The number of pyridine rings is 1. The van der Waals surface area contributed by atoms with Gasteiger partial charge >= 0.3 is 6.18 Å². The summed E-state index contributed by atoms with van der Waals surface area (Å²) in [6.07, 6.45) is -3.81. The van der Waals surface area contributed by atoms with Crippen molar-refractivity contribution in [3.63, 3.8) is 0 Å². The first-order valence-corrected chi connectivity index (χ1v) is 5.91. The van der Waals surface area contributed by atoms with E-state index in [4.69, 9.17) is 5.26 Å². The lowest BCUT2D eigenvalue weighted by atomic mass is 9.94. The molecule has 0 spiro atoms. The van der Waals surface area contributed by atoms with Gasteiger partial charge in [0.05, 0.1) is 11.9 Å². The molecule has 1 N–H and O–H groups in total. The Morgan fingerprint density at radius 3 is 2.71 bits per heavy atom. The van der Waals surface area contributed by atoms with Gasteiger partial charge in [-0.2, -0.15) is 28.7 Å². The highest BCUT2D eigenvalue weighted by Crippen LogP contribution is 2.37. The van der Waals surface area contributed by atoms with Crippen LogP contribution in [0.3, 0.4) is 0 Å². The highest BCUT2D eigenvalue weighted by atomic mass is 19.4. The van der Waals surface area contributed by atoms with Crippen molar-refractivity contribution in [1.82, 2.24) is 4.98 Å². The maximum absolute atomic E-state index is 12.6. The van der Waals surface area contributed by atoms with E-state index in [9.17, 15) is 18.0 Å². The summed E-state index contributed by atoms with van der Waals surface area (Å²) in [7, 11) is 0. The molecule has 2 unspecified atom stereocenters. The molecule has 0 bridgehead atoms. The van der Waals surface area contributed by atoms with Crippen LogP contribution in [0.1, 0.15) is 19.0 Å². The number of hydrogen-bond acceptors (Lipinski definition) is 5. The van der Waals surface area contributed by atoms with Crippen molar-refractivity contribution >= 4 is 11.6 Å². The number of rotatable bonds is 2. The third-order valence-electron chi connectivity index (χ3n) is 3.01. The van der Waals surface area contributed by atoms with Crippen LogP contribution >= 0.6 is 0 Å². The van der Waals surface area contributed by atoms with Crippen LogP contribution in [0, 0.1) is 11.3 Å². The molecule has 1 aromatic heterocycles. The van der Waals surface area contributed by atoms with E-state index < -0.39 is 30.1 Å². The van der Waals surface area contributed by atoms with Crippen molar-refractivity contribution in [1.29, 1.82) is 5.26 Å². The zero-order valence-corrected chi connectivity index (χ0v) is 10.8. The molecule has 1 aliphatic rings. The van der Waals surface area contributed by atoms with Crippen molar-refractivity contribution in [3.05, 3.63) is 24.0 Å². The third kappa shape index (κ3) is 3.16. The molecular weight excluding hydrogens is 287 g/mol. The molecule has 9 heteroatoms. The van der Waals surface area contributed by atoms with Crippen molar-refractivity contribution in [2.45, 2.75) is 31.1 Å². The molecule has 21 heavy (non-hydrogen) atoms. The van der Waals surface area contributed by atoms with Gasteiger partial charge in [0.15, 0.2) is 11.6 Å². The zero-order chi connectivity index (χ0) is 15.7. The molecule has 1 aromatic rings. The predicted molar refractivity (Wildman–Crippen MR) is 65.3 cm³/mol. The molecule has 2 atom stereocenters. The van der Waals surface area contributed by atoms with Gasteiger partial charge in [0.1, 0.15) is 11.8 Å². The van der Waals surface area contributed by atoms with E-state index in [0.29, 0.717) is 0 Å². The number of alkyl halides is 3. The average Bonchev–Trinajstić information content (AvgIpc) is 2.84. The maximum Gasteiger partial charge on any atom is 0.412 e. The van der Waals surface area contributed by atoms with E-state index in [-0.39, 0.29) is 11.4 Å². The van der Waals surface area contributed by atoms with Gasteiger partial charge in [-0.3, -0.25) is 4.79 Å². The molecule has 1 amide bonds. The van der Waals surface area contributed by atoms with Gasteiger partial charge in [-0.1, -0.05) is 0 Å². The fraction of sp³-hybridized carbons (Fsp3) is 0.417. The van der Waals surface area contributed by atoms with E-state index in [2.05, 4.69) is 20.5 Å². The second kappa shape index (κ2) is 5.12. The molecule has 0 aromatic carbocycles. The molecule has 0 fully saturated rings. The summed E-state index contributed by atoms with van der Waals surface area (Å²) in [5.41, 5.74) is -1.14. The number of carbonyl (C=O) groups is 1. The highest BCUT2D eigenvalue weighted by Gasteiger charge is 2.51. The molecule has 0 aliphatic carbocycles. The lowest BCUT2D eigenvalue weighted by Gasteiger charge is -2.20. The van der Waals surface area contributed by atoms with E-state index in [1.807, 2.05) is 6.07 Å². The van der Waals surface area contributed by atoms with Gasteiger partial charge in [0.25, 0.3) is 5.91 Å². The number of halogens is 3. The van der Waals surface area contributed by atoms with Gasteiger partial charge in [-0.25, -0.2) is 4.98 Å². The van der Waals surface area contributed by atoms with Gasteiger partial charge in [0.2, 0.25) is 0 Å². The van der Waals surface area contributed by atoms with Gasteiger partial charge in [-0.05, 0) is 19.1 Å². The summed E-state index contributed by atoms with van der Waals surface area (Å²) in [6.45, 7) is 1.29. The number of nitrogens with one attached hydrogen (secondary N) is 1. The lowest BCUT2D eigenvalue weighted by molar-refractivity contribution is -0.148. The molecular formula is C12H10F3N5O. The van der Waals surface area contributed by atoms with Crippen molar-refractivity contribution < 1.29 is 18.0 Å². The van der Waals surface area contributed by atoms with Crippen LogP contribution in [0.25, 0.3) is 0 Å². The molecule has 2 rings (SSSR count). The number of anilines is 1. The summed E-state index contributed by atoms with van der Waals surface area (Å²) in [6, 6.07) is 2.66. The number of hydrogen-bond donors (Lipinski definition) is 1. The Bertz CT molecular complexity index is 619. The quantitative estimate of drug-likeness (QED) is 0.908. The Morgan fingerprint density at radius 2 is 2.24 bits per heavy atom. The number of azo groups is 1. The lowest BCUT2D eigenvalue weighted by Crippen LogP contribution is -2.40. The fourth-order valence-electron chi connectivity index (χ4n) is 1.77. The van der Waals surface area contributed by atoms with Crippen LogP contribution in [0.4, 0.5) is 18.9 Å². The Morgan fingerprint density at radius 1 is 1.52 bits per heavy atom. The van der Waals surface area contributed by atoms with Crippen molar-refractivity contribution in [2.75, 3.05) is 5.32 Å². The normalized spacial score (nSPS) is 24.6. The summed E-state index contributed by atoms with van der Waals surface area (Å²) in [5.74, 6) is -0.704. The first-order valence-electron chi connectivity index (χ1n) is 5.91. The number of carbonyl (C=O) groups excluding carboxylic acids is 1. The second-order valence-corrected chi connectivity index (χ2v) is 4.75. The van der Waals surface area contributed by atoms with Crippen LogP contribution < -0.4 is 5.32 Å². The van der Waals surface area contributed by atoms with Gasteiger partial charge < -0.3 is 5.32 Å². The van der Waals surface area contributed by atoms with E-state index in [1.165, 1.54) is 25.3 Å². The Hall–Kier alpha value is -2.50. The fourth-order valence-corrected chi connectivity index (χ4v) is 1.77. The minimum absolute atomic E-state index is 0.164. The molecule has 2 heterocycles. The highest BCUT2D eigenvalue weighted by molar-refractivity contribution is 5.98. The summed E-state index contributed by atoms with van der Waals surface area (Å²) in [4.78, 5) is 15.8. The van der Waals surface area contributed by atoms with Gasteiger partial charge in [0, 0.05) is 6.42 Å². The first-order chi connectivity index (χ1) is 9.74. The predicted octanol–water partition coefficient (Wildman–Crippen LogP) is 2.44. The minimum atomic E-state index is -4.52. The summed E-state index contributed by atoms with van der Waals surface area (Å²) < 4.78 is 37.7. The van der Waals surface area contributed by atoms with Crippen LogP contribution in [-0.4, -0.2) is 28.6 Å². The monoisotopic (exact) mass is 297 g/mol. The number of amides is 1. The molecule has 0 radical (unpaired) electrons. The van der Waals surface area contributed by atoms with Crippen LogP contribution in [-0.2, 0) is 4.79 Å². The molecule has 1 aliphatic heterocycles. The third-order valence-corrected chi connectivity index (χ3v) is 3.01. The van der Waals surface area contributed by atoms with Crippen LogP contribution in [0.15, 0.2) is 28.6 Å². The van der Waals surface area contributed by atoms with Crippen LogP contribution in [0.2, 0.25) is 0 Å². The van der Waals surface area contributed by atoms with E-state index in [0.717, 1.165) is 0 Å². The van der Waals surface area contributed by atoms with E-state index in [1.54, 1.807) is 0 Å². The number of nitriles is 1. The molecule has 0 saturated carbocycles. The minimum Gasteiger partial charge on any atom is -0.323 e. The second-order valence-electron chi connectivity index (χ2n) is 4.75. The first kappa shape index (κ1) is 14.9. The summed E-state index contributed by atoms with van der Waals surface area (Å²) >= 11 is 0.